The van der Waals surface area contributed by atoms with Gasteiger partial charge in [0, 0.05) is 24.3 Å². The Labute approximate surface area is 138 Å². The van der Waals surface area contributed by atoms with E-state index in [-0.39, 0.29) is 18.2 Å². The molecule has 1 saturated heterocycles. The average molecular weight is 318 g/mol. The number of ether oxygens (including phenoxy) is 1. The Kier molecular flexibility index (Phi) is 4.97. The fourth-order valence-corrected chi connectivity index (χ4v) is 3.00. The molecule has 5 heteroatoms. The van der Waals surface area contributed by atoms with Gasteiger partial charge < -0.3 is 9.64 Å². The van der Waals surface area contributed by atoms with Crippen LogP contribution in [0, 0.1) is 0 Å². The largest absolute Gasteiger partial charge is 0.444 e. The molecule has 23 heavy (non-hydrogen) atoms. The molecule has 0 unspecified atom stereocenters. The predicted octanol–water partition coefficient (Wildman–Crippen LogP) is 3.33. The monoisotopic (exact) mass is 318 g/mol. The van der Waals surface area contributed by atoms with Crippen LogP contribution in [0.4, 0.5) is 10.5 Å². The van der Waals surface area contributed by atoms with E-state index in [9.17, 15) is 9.59 Å². The average Bonchev–Trinajstić information content (AvgIpc) is 2.44. The number of aldehydes is 1. The molecule has 0 spiro atoms. The van der Waals surface area contributed by atoms with Crippen molar-refractivity contribution in [3.8, 4) is 0 Å². The van der Waals surface area contributed by atoms with Crippen molar-refractivity contribution in [2.45, 2.75) is 52.3 Å². The Balaban J connectivity index is 2.12. The summed E-state index contributed by atoms with van der Waals surface area (Å²) in [4.78, 5) is 27.4. The first-order chi connectivity index (χ1) is 10.7. The number of anilines is 1. The van der Waals surface area contributed by atoms with Crippen LogP contribution in [0.25, 0.3) is 0 Å². The van der Waals surface area contributed by atoms with E-state index in [2.05, 4.69) is 4.90 Å². The van der Waals surface area contributed by atoms with E-state index >= 15 is 0 Å². The minimum absolute atomic E-state index is 0.0356. The van der Waals surface area contributed by atoms with Crippen LogP contribution in [-0.2, 0) is 4.74 Å². The van der Waals surface area contributed by atoms with E-state index in [1.54, 1.807) is 6.07 Å². The third kappa shape index (κ3) is 4.24. The van der Waals surface area contributed by atoms with E-state index in [4.69, 9.17) is 4.74 Å². The second-order valence-electron chi connectivity index (χ2n) is 7.20. The number of piperazine rings is 1. The van der Waals surface area contributed by atoms with E-state index < -0.39 is 5.60 Å². The van der Waals surface area contributed by atoms with Gasteiger partial charge in [-0.15, -0.1) is 0 Å². The van der Waals surface area contributed by atoms with Crippen LogP contribution in [0.5, 0.6) is 0 Å². The zero-order valence-corrected chi connectivity index (χ0v) is 14.6. The third-order valence-corrected chi connectivity index (χ3v) is 3.89. The number of amides is 1. The predicted molar refractivity (Wildman–Crippen MR) is 91.0 cm³/mol. The first-order valence-electron chi connectivity index (χ1n) is 8.03. The molecule has 1 fully saturated rings. The van der Waals surface area contributed by atoms with E-state index in [0.717, 1.165) is 12.0 Å². The Hall–Kier alpha value is -2.04. The van der Waals surface area contributed by atoms with Gasteiger partial charge in [0.05, 0.1) is 12.1 Å². The Morgan fingerprint density at radius 1 is 1.22 bits per heavy atom. The fraction of sp³-hybridized carbons (Fsp3) is 0.556. The summed E-state index contributed by atoms with van der Waals surface area (Å²) in [6, 6.07) is 7.63. The van der Waals surface area contributed by atoms with Crippen LogP contribution in [0.3, 0.4) is 0 Å². The standard InChI is InChI=1S/C18H26N2O3/c1-13-10-19(16-8-6-7-15(9-16)12-21)11-14(2)20(13)17(22)23-18(3,4)5/h6-9,12-14H,10-11H2,1-5H3/t13-,14+. The maximum atomic E-state index is 12.4. The van der Waals surface area contributed by atoms with Crippen LogP contribution < -0.4 is 4.90 Å². The van der Waals surface area contributed by atoms with Gasteiger partial charge in [0.1, 0.15) is 11.9 Å². The topological polar surface area (TPSA) is 49.9 Å². The molecule has 0 saturated carbocycles. The van der Waals surface area contributed by atoms with Gasteiger partial charge in [-0.3, -0.25) is 9.69 Å². The number of hydrogen-bond donors (Lipinski definition) is 0. The molecule has 2 atom stereocenters. The van der Waals surface area contributed by atoms with Crippen LogP contribution in [0.2, 0.25) is 0 Å². The summed E-state index contributed by atoms with van der Waals surface area (Å²) in [6.45, 7) is 11.1. The Morgan fingerprint density at radius 3 is 2.35 bits per heavy atom. The van der Waals surface area contributed by atoms with Crippen LogP contribution in [0.1, 0.15) is 45.0 Å². The Bertz CT molecular complexity index is 568. The van der Waals surface area contributed by atoms with Crippen molar-refractivity contribution in [1.29, 1.82) is 0 Å². The molecule has 0 aromatic heterocycles. The van der Waals surface area contributed by atoms with Crippen molar-refractivity contribution in [1.82, 2.24) is 4.90 Å². The molecule has 0 bridgehead atoms. The zero-order valence-electron chi connectivity index (χ0n) is 14.6. The highest BCUT2D eigenvalue weighted by atomic mass is 16.6. The molecular formula is C18H26N2O3. The van der Waals surface area contributed by atoms with Gasteiger partial charge in [-0.25, -0.2) is 4.79 Å². The second kappa shape index (κ2) is 6.60. The summed E-state index contributed by atoms with van der Waals surface area (Å²) in [5, 5.41) is 0. The molecule has 126 valence electrons. The van der Waals surface area contributed by atoms with Gasteiger partial charge in [0.15, 0.2) is 0 Å². The minimum atomic E-state index is -0.494. The second-order valence-corrected chi connectivity index (χ2v) is 7.20. The van der Waals surface area contributed by atoms with E-state index in [1.165, 1.54) is 0 Å². The van der Waals surface area contributed by atoms with Gasteiger partial charge >= 0.3 is 6.09 Å². The number of hydrogen-bond acceptors (Lipinski definition) is 4. The van der Waals surface area contributed by atoms with Crippen molar-refractivity contribution in [2.24, 2.45) is 0 Å². The summed E-state index contributed by atoms with van der Waals surface area (Å²) in [6.07, 6.45) is 0.589. The zero-order chi connectivity index (χ0) is 17.2. The molecule has 1 aliphatic rings. The molecule has 5 nitrogen and oxygen atoms in total. The van der Waals surface area contributed by atoms with E-state index in [1.807, 2.05) is 57.7 Å². The van der Waals surface area contributed by atoms with Crippen LogP contribution in [-0.4, -0.2) is 48.1 Å². The number of carbonyl (C=O) groups excluding carboxylic acids is 2. The SMILES string of the molecule is C[C@@H]1CN(c2cccc(C=O)c2)C[C@H](C)N1C(=O)OC(C)(C)C. The summed E-state index contributed by atoms with van der Waals surface area (Å²) in [5.74, 6) is 0. The molecule has 0 radical (unpaired) electrons. The first kappa shape index (κ1) is 17.3. The lowest BCUT2D eigenvalue weighted by atomic mass is 10.1. The van der Waals surface area contributed by atoms with Crippen LogP contribution in [0.15, 0.2) is 24.3 Å². The number of rotatable bonds is 2. The van der Waals surface area contributed by atoms with Crippen molar-refractivity contribution in [3.05, 3.63) is 29.8 Å². The summed E-state index contributed by atoms with van der Waals surface area (Å²) in [7, 11) is 0. The highest BCUT2D eigenvalue weighted by molar-refractivity contribution is 5.77. The van der Waals surface area contributed by atoms with Gasteiger partial charge in [-0.05, 0) is 46.8 Å². The normalized spacial score (nSPS) is 22.0. The lowest BCUT2D eigenvalue weighted by Crippen LogP contribution is -2.59. The minimum Gasteiger partial charge on any atom is -0.444 e. The van der Waals surface area contributed by atoms with Crippen LogP contribution >= 0.6 is 0 Å². The molecule has 1 aliphatic heterocycles. The molecule has 0 aliphatic carbocycles. The maximum Gasteiger partial charge on any atom is 0.410 e. The van der Waals surface area contributed by atoms with Crippen molar-refractivity contribution >= 4 is 18.1 Å². The van der Waals surface area contributed by atoms with Gasteiger partial charge in [0.2, 0.25) is 0 Å². The lowest BCUT2D eigenvalue weighted by Gasteiger charge is -2.45. The van der Waals surface area contributed by atoms with Crippen molar-refractivity contribution < 1.29 is 14.3 Å². The molecule has 2 rings (SSSR count). The fourth-order valence-electron chi connectivity index (χ4n) is 3.00. The number of benzene rings is 1. The molecule has 1 aromatic carbocycles. The molecule has 1 heterocycles. The third-order valence-electron chi connectivity index (χ3n) is 3.89. The molecule has 0 N–H and O–H groups in total. The number of carbonyl (C=O) groups is 2. The van der Waals surface area contributed by atoms with Crippen molar-refractivity contribution in [2.75, 3.05) is 18.0 Å². The number of nitrogens with zero attached hydrogens (tertiary/aromatic N) is 2. The Morgan fingerprint density at radius 2 is 1.83 bits per heavy atom. The van der Waals surface area contributed by atoms with Crippen molar-refractivity contribution in [3.63, 3.8) is 0 Å². The summed E-state index contributed by atoms with van der Waals surface area (Å²) >= 11 is 0. The van der Waals surface area contributed by atoms with Gasteiger partial charge in [-0.1, -0.05) is 12.1 Å². The molecule has 1 aromatic rings. The van der Waals surface area contributed by atoms with Gasteiger partial charge in [-0.2, -0.15) is 0 Å². The maximum absolute atomic E-state index is 12.4. The highest BCUT2D eigenvalue weighted by Gasteiger charge is 2.35. The van der Waals surface area contributed by atoms with E-state index in [0.29, 0.717) is 18.7 Å². The summed E-state index contributed by atoms with van der Waals surface area (Å²) < 4.78 is 5.52. The smallest absolute Gasteiger partial charge is 0.410 e. The summed E-state index contributed by atoms with van der Waals surface area (Å²) in [5.41, 5.74) is 1.18. The first-order valence-corrected chi connectivity index (χ1v) is 8.03. The van der Waals surface area contributed by atoms with Gasteiger partial charge in [0.25, 0.3) is 0 Å². The quantitative estimate of drug-likeness (QED) is 0.785. The highest BCUT2D eigenvalue weighted by Crippen LogP contribution is 2.24. The molecule has 1 amide bonds. The lowest BCUT2D eigenvalue weighted by molar-refractivity contribution is 0.00566. The molecular weight excluding hydrogens is 292 g/mol.